The van der Waals surface area contributed by atoms with Crippen LogP contribution in [0.5, 0.6) is 0 Å². The number of anilines is 1. The molecule has 0 bridgehead atoms. The van der Waals surface area contributed by atoms with Gasteiger partial charge in [-0.3, -0.25) is 0 Å². The lowest BCUT2D eigenvalue weighted by molar-refractivity contribution is -0.0794. The van der Waals surface area contributed by atoms with Gasteiger partial charge in [-0.2, -0.15) is 5.10 Å². The zero-order valence-corrected chi connectivity index (χ0v) is 13.5. The van der Waals surface area contributed by atoms with E-state index in [1.165, 1.54) is 16.9 Å². The Kier molecular flexibility index (Phi) is 3.10. The van der Waals surface area contributed by atoms with E-state index in [9.17, 15) is 13.2 Å². The second kappa shape index (κ2) is 5.26. The average Bonchev–Trinajstić information content (AvgIpc) is 3.19. The number of pyridine rings is 1. The third kappa shape index (κ3) is 2.42. The Morgan fingerprint density at radius 3 is 2.88 bits per heavy atom. The van der Waals surface area contributed by atoms with Crippen LogP contribution in [0.4, 0.5) is 19.1 Å². The summed E-state index contributed by atoms with van der Waals surface area (Å²) < 4.78 is 41.4. The van der Waals surface area contributed by atoms with Crippen LogP contribution in [0.1, 0.15) is 29.7 Å². The molecule has 9 heteroatoms. The monoisotopic (exact) mass is 358 g/mol. The molecule has 0 spiro atoms. The van der Waals surface area contributed by atoms with Gasteiger partial charge in [0.1, 0.15) is 6.33 Å². The lowest BCUT2D eigenvalue weighted by Crippen LogP contribution is -2.44. The molecule has 0 unspecified atom stereocenters. The van der Waals surface area contributed by atoms with Crippen molar-refractivity contribution in [3.8, 4) is 0 Å². The first-order chi connectivity index (χ1) is 12.5. The van der Waals surface area contributed by atoms with Crippen LogP contribution < -0.4 is 5.32 Å². The summed E-state index contributed by atoms with van der Waals surface area (Å²) in [6.45, 7) is 0. The van der Waals surface area contributed by atoms with Gasteiger partial charge in [-0.15, -0.1) is 0 Å². The fourth-order valence-corrected chi connectivity index (χ4v) is 3.43. The summed E-state index contributed by atoms with van der Waals surface area (Å²) in [6, 6.07) is 1.11. The number of alkyl halides is 2. The van der Waals surface area contributed by atoms with Crippen LogP contribution in [0.15, 0.2) is 30.9 Å². The zero-order valence-electron chi connectivity index (χ0n) is 13.5. The molecule has 1 N–H and O–H groups in total. The fraction of sp³-hybridized carbons (Fsp3) is 0.294. The highest BCUT2D eigenvalue weighted by atomic mass is 19.3. The van der Waals surface area contributed by atoms with Crippen molar-refractivity contribution in [2.75, 3.05) is 5.32 Å². The minimum atomic E-state index is -2.59. The first-order valence-electron chi connectivity index (χ1n) is 8.19. The highest BCUT2D eigenvalue weighted by molar-refractivity contribution is 5.83. The predicted octanol–water partition coefficient (Wildman–Crippen LogP) is 2.86. The molecule has 0 atom stereocenters. The van der Waals surface area contributed by atoms with Crippen molar-refractivity contribution in [3.05, 3.63) is 53.5 Å². The summed E-state index contributed by atoms with van der Waals surface area (Å²) in [4.78, 5) is 12.5. The SMILES string of the molecule is Fc1cc(C2=CCc3nc(NC4CC(F)(F)C4)ncc32)cn2ncnc12. The van der Waals surface area contributed by atoms with E-state index in [0.717, 1.165) is 16.8 Å². The number of hydrogen-bond donors (Lipinski definition) is 1. The third-order valence-electron chi connectivity index (χ3n) is 4.72. The molecular weight excluding hydrogens is 345 g/mol. The van der Waals surface area contributed by atoms with Crippen LogP contribution in [0, 0.1) is 5.82 Å². The number of fused-ring (bicyclic) bond motifs is 2. The maximum absolute atomic E-state index is 14.2. The van der Waals surface area contributed by atoms with E-state index in [2.05, 4.69) is 25.4 Å². The van der Waals surface area contributed by atoms with Gasteiger partial charge >= 0.3 is 0 Å². The first-order valence-corrected chi connectivity index (χ1v) is 8.19. The maximum atomic E-state index is 14.2. The Labute approximate surface area is 145 Å². The van der Waals surface area contributed by atoms with E-state index < -0.39 is 11.7 Å². The van der Waals surface area contributed by atoms with Gasteiger partial charge in [-0.25, -0.2) is 32.6 Å². The first kappa shape index (κ1) is 15.3. The lowest BCUT2D eigenvalue weighted by atomic mass is 9.88. The minimum Gasteiger partial charge on any atom is -0.351 e. The van der Waals surface area contributed by atoms with Crippen molar-refractivity contribution >= 4 is 17.2 Å². The van der Waals surface area contributed by atoms with Crippen molar-refractivity contribution in [2.45, 2.75) is 31.2 Å². The molecule has 2 aliphatic carbocycles. The molecular formula is C17H13F3N6. The smallest absolute Gasteiger partial charge is 0.252 e. The Morgan fingerprint density at radius 2 is 2.08 bits per heavy atom. The van der Waals surface area contributed by atoms with Crippen LogP contribution in [0.25, 0.3) is 11.2 Å². The third-order valence-corrected chi connectivity index (χ3v) is 4.72. The number of hydrogen-bond acceptors (Lipinski definition) is 5. The van der Waals surface area contributed by atoms with Crippen LogP contribution >= 0.6 is 0 Å². The summed E-state index contributed by atoms with van der Waals surface area (Å²) in [7, 11) is 0. The molecule has 2 aliphatic rings. The zero-order chi connectivity index (χ0) is 17.9. The maximum Gasteiger partial charge on any atom is 0.252 e. The summed E-state index contributed by atoms with van der Waals surface area (Å²) >= 11 is 0. The number of rotatable bonds is 3. The average molecular weight is 358 g/mol. The van der Waals surface area contributed by atoms with E-state index in [-0.39, 0.29) is 24.5 Å². The van der Waals surface area contributed by atoms with Crippen molar-refractivity contribution in [1.82, 2.24) is 24.6 Å². The highest BCUT2D eigenvalue weighted by Gasteiger charge is 2.45. The number of nitrogens with zero attached hydrogens (tertiary/aromatic N) is 5. The van der Waals surface area contributed by atoms with Crippen molar-refractivity contribution < 1.29 is 13.2 Å². The van der Waals surface area contributed by atoms with Gasteiger partial charge in [0, 0.05) is 48.8 Å². The van der Waals surface area contributed by atoms with Crippen molar-refractivity contribution in [3.63, 3.8) is 0 Å². The molecule has 26 heavy (non-hydrogen) atoms. The molecule has 6 nitrogen and oxygen atoms in total. The van der Waals surface area contributed by atoms with E-state index in [0.29, 0.717) is 17.9 Å². The van der Waals surface area contributed by atoms with E-state index in [4.69, 9.17) is 0 Å². The topological polar surface area (TPSA) is 68.0 Å². The molecule has 1 fully saturated rings. The van der Waals surface area contributed by atoms with Gasteiger partial charge < -0.3 is 5.32 Å². The Morgan fingerprint density at radius 1 is 1.23 bits per heavy atom. The fourth-order valence-electron chi connectivity index (χ4n) is 3.43. The molecule has 3 aromatic rings. The van der Waals surface area contributed by atoms with E-state index >= 15 is 0 Å². The summed E-state index contributed by atoms with van der Waals surface area (Å²) in [5, 5.41) is 6.92. The van der Waals surface area contributed by atoms with E-state index in [1.54, 1.807) is 12.4 Å². The summed E-state index contributed by atoms with van der Waals surface area (Å²) in [5.74, 6) is -2.70. The number of allylic oxidation sites excluding steroid dienone is 1. The van der Waals surface area contributed by atoms with Gasteiger partial charge in [0.25, 0.3) is 5.92 Å². The molecule has 0 radical (unpaired) electrons. The second-order valence-corrected chi connectivity index (χ2v) is 6.59. The second-order valence-electron chi connectivity index (χ2n) is 6.59. The van der Waals surface area contributed by atoms with Gasteiger partial charge in [0.05, 0.1) is 5.69 Å². The molecule has 3 aromatic heterocycles. The lowest BCUT2D eigenvalue weighted by Gasteiger charge is -2.35. The molecule has 0 aliphatic heterocycles. The van der Waals surface area contributed by atoms with Crippen LogP contribution in [-0.4, -0.2) is 36.5 Å². The molecule has 0 aromatic carbocycles. The van der Waals surface area contributed by atoms with Crippen molar-refractivity contribution in [1.29, 1.82) is 0 Å². The van der Waals surface area contributed by atoms with Gasteiger partial charge in [-0.1, -0.05) is 6.08 Å². The highest BCUT2D eigenvalue weighted by Crippen LogP contribution is 2.39. The van der Waals surface area contributed by atoms with Crippen LogP contribution in [0.3, 0.4) is 0 Å². The largest absolute Gasteiger partial charge is 0.351 e. The minimum absolute atomic E-state index is 0.167. The van der Waals surface area contributed by atoms with Crippen LogP contribution in [0.2, 0.25) is 0 Å². The quantitative estimate of drug-likeness (QED) is 0.780. The molecule has 132 valence electrons. The van der Waals surface area contributed by atoms with Crippen LogP contribution in [-0.2, 0) is 6.42 Å². The summed E-state index contributed by atoms with van der Waals surface area (Å²) in [6.07, 6.45) is 6.75. The molecule has 0 saturated heterocycles. The summed E-state index contributed by atoms with van der Waals surface area (Å²) in [5.41, 5.74) is 3.22. The Hall–Kier alpha value is -2.97. The Balaban J connectivity index is 1.42. The van der Waals surface area contributed by atoms with Gasteiger partial charge in [-0.05, 0) is 11.6 Å². The van der Waals surface area contributed by atoms with Gasteiger partial charge in [0.15, 0.2) is 11.5 Å². The molecule has 3 heterocycles. The molecule has 0 amide bonds. The number of halogens is 3. The standard InChI is InChI=1S/C17H13F3N6/c18-13-3-9(7-26-15(13)22-8-23-26)11-1-2-14-12(11)6-21-16(25-14)24-10-4-17(19,20)5-10/h1,3,6-8,10H,2,4-5H2,(H,21,24,25). The molecule has 5 rings (SSSR count). The van der Waals surface area contributed by atoms with E-state index in [1.807, 2.05) is 6.08 Å². The predicted molar refractivity (Wildman–Crippen MR) is 87.4 cm³/mol. The number of aromatic nitrogens is 5. The molecule has 1 saturated carbocycles. The van der Waals surface area contributed by atoms with Crippen molar-refractivity contribution in [2.24, 2.45) is 0 Å². The number of nitrogens with one attached hydrogen (secondary N) is 1. The Bertz CT molecular complexity index is 1050. The normalized spacial score (nSPS) is 18.5. The van der Waals surface area contributed by atoms with Gasteiger partial charge in [0.2, 0.25) is 5.95 Å².